The first-order valence-electron chi connectivity index (χ1n) is 10.6. The average molecular weight is 450 g/mol. The van der Waals surface area contributed by atoms with Gasteiger partial charge in [-0.15, -0.1) is 0 Å². The molecule has 0 radical (unpaired) electrons. The van der Waals surface area contributed by atoms with Crippen LogP contribution in [-0.2, 0) is 19.1 Å². The van der Waals surface area contributed by atoms with Gasteiger partial charge < -0.3 is 18.9 Å². The van der Waals surface area contributed by atoms with Crippen molar-refractivity contribution in [1.29, 1.82) is 0 Å². The number of hydrogen-bond donors (Lipinski definition) is 0. The van der Waals surface area contributed by atoms with Crippen molar-refractivity contribution in [3.63, 3.8) is 0 Å². The molecule has 7 heteroatoms. The van der Waals surface area contributed by atoms with E-state index in [0.717, 1.165) is 24.8 Å². The van der Waals surface area contributed by atoms with Gasteiger partial charge in [-0.25, -0.2) is 14.4 Å². The van der Waals surface area contributed by atoms with E-state index in [4.69, 9.17) is 14.2 Å². The fourth-order valence-corrected chi connectivity index (χ4v) is 3.19. The molecule has 1 saturated heterocycles. The quantitative estimate of drug-likeness (QED) is 0.228. The molecule has 1 aliphatic heterocycles. The van der Waals surface area contributed by atoms with Crippen molar-refractivity contribution in [3.05, 3.63) is 77.9 Å². The highest BCUT2D eigenvalue weighted by Crippen LogP contribution is 2.23. The minimum absolute atomic E-state index is 0.0668. The smallest absolute Gasteiger partial charge is 0.343 e. The predicted molar refractivity (Wildman–Crippen MR) is 122 cm³/mol. The maximum absolute atomic E-state index is 12.4. The molecular weight excluding hydrogens is 424 g/mol. The lowest BCUT2D eigenvalue weighted by Gasteiger charge is -2.10. The lowest BCUT2D eigenvalue weighted by Crippen LogP contribution is -2.08. The summed E-state index contributed by atoms with van der Waals surface area (Å²) in [6.45, 7) is 4.21. The Hall–Kier alpha value is -3.87. The topological polar surface area (TPSA) is 88.1 Å². The Bertz CT molecular complexity index is 1000. The van der Waals surface area contributed by atoms with Crippen LogP contribution in [0.25, 0.3) is 6.08 Å². The third-order valence-electron chi connectivity index (χ3n) is 5.02. The zero-order chi connectivity index (χ0) is 23.6. The molecule has 2 aromatic carbocycles. The second-order valence-electron chi connectivity index (χ2n) is 7.52. The first kappa shape index (κ1) is 23.8. The van der Waals surface area contributed by atoms with Gasteiger partial charge in [0, 0.05) is 18.1 Å². The molecule has 1 aliphatic rings. The average Bonchev–Trinajstić information content (AvgIpc) is 3.15. The van der Waals surface area contributed by atoms with Crippen LogP contribution in [0.1, 0.15) is 41.6 Å². The van der Waals surface area contributed by atoms with Crippen LogP contribution >= 0.6 is 0 Å². The molecule has 0 aliphatic carbocycles. The fraction of sp³-hybridized carbons (Fsp3) is 0.269. The molecule has 1 fully saturated rings. The zero-order valence-corrected chi connectivity index (χ0v) is 18.5. The normalized spacial score (nSPS) is 15.4. The van der Waals surface area contributed by atoms with Crippen LogP contribution in [0.5, 0.6) is 11.5 Å². The number of benzene rings is 2. The summed E-state index contributed by atoms with van der Waals surface area (Å²) in [5.41, 5.74) is 1.72. The standard InChI is InChI=1S/C26H26O7/c1-18-17-23(33-25(18)28)5-3-4-16-31-21-13-9-20(10-14-21)26(29)32-22-11-6-19(7-12-22)8-15-24(27)30-2/h6-15,23H,1,3-5,16-17H2,2H3. The number of carbonyl (C=O) groups is 3. The summed E-state index contributed by atoms with van der Waals surface area (Å²) in [6, 6.07) is 13.5. The summed E-state index contributed by atoms with van der Waals surface area (Å²) in [6.07, 6.45) is 5.96. The van der Waals surface area contributed by atoms with E-state index in [-0.39, 0.29) is 12.1 Å². The Morgan fingerprint density at radius 2 is 1.76 bits per heavy atom. The van der Waals surface area contributed by atoms with E-state index >= 15 is 0 Å². The molecule has 0 saturated carbocycles. The summed E-state index contributed by atoms with van der Waals surface area (Å²) in [4.78, 5) is 34.8. The number of cyclic esters (lactones) is 1. The fourth-order valence-electron chi connectivity index (χ4n) is 3.19. The highest BCUT2D eigenvalue weighted by Gasteiger charge is 2.26. The summed E-state index contributed by atoms with van der Waals surface area (Å²) in [7, 11) is 1.31. The van der Waals surface area contributed by atoms with E-state index in [9.17, 15) is 14.4 Å². The first-order chi connectivity index (χ1) is 15.9. The van der Waals surface area contributed by atoms with Gasteiger partial charge in [-0.05, 0) is 67.3 Å². The van der Waals surface area contributed by atoms with Crippen LogP contribution in [0, 0.1) is 0 Å². The van der Waals surface area contributed by atoms with Crippen LogP contribution in [0.3, 0.4) is 0 Å². The molecule has 7 nitrogen and oxygen atoms in total. The Balaban J connectivity index is 1.39. The van der Waals surface area contributed by atoms with Crippen molar-refractivity contribution in [2.45, 2.75) is 31.8 Å². The molecule has 0 aromatic heterocycles. The molecule has 1 atom stereocenters. The molecule has 0 N–H and O–H groups in total. The van der Waals surface area contributed by atoms with Gasteiger partial charge in [-0.3, -0.25) is 0 Å². The van der Waals surface area contributed by atoms with E-state index in [0.29, 0.717) is 35.7 Å². The number of esters is 3. The highest BCUT2D eigenvalue weighted by molar-refractivity contribution is 5.91. The molecule has 0 amide bonds. The molecule has 2 aromatic rings. The minimum Gasteiger partial charge on any atom is -0.494 e. The van der Waals surface area contributed by atoms with Crippen molar-refractivity contribution < 1.29 is 33.3 Å². The third kappa shape index (κ3) is 7.35. The number of hydrogen-bond acceptors (Lipinski definition) is 7. The summed E-state index contributed by atoms with van der Waals surface area (Å²) in [5, 5.41) is 0. The molecule has 172 valence electrons. The van der Waals surface area contributed by atoms with Crippen LogP contribution in [-0.4, -0.2) is 37.7 Å². The molecule has 1 heterocycles. The van der Waals surface area contributed by atoms with Crippen LogP contribution < -0.4 is 9.47 Å². The lowest BCUT2D eigenvalue weighted by molar-refractivity contribution is -0.139. The van der Waals surface area contributed by atoms with Gasteiger partial charge in [0.1, 0.15) is 17.6 Å². The number of carbonyl (C=O) groups excluding carboxylic acids is 3. The van der Waals surface area contributed by atoms with Crippen LogP contribution in [0.4, 0.5) is 0 Å². The highest BCUT2D eigenvalue weighted by atomic mass is 16.6. The Morgan fingerprint density at radius 1 is 1.06 bits per heavy atom. The largest absolute Gasteiger partial charge is 0.494 e. The Morgan fingerprint density at radius 3 is 2.39 bits per heavy atom. The molecule has 3 rings (SSSR count). The predicted octanol–water partition coefficient (Wildman–Crippen LogP) is 4.51. The van der Waals surface area contributed by atoms with Gasteiger partial charge in [-0.2, -0.15) is 0 Å². The number of unbranched alkanes of at least 4 members (excludes halogenated alkanes) is 1. The summed E-state index contributed by atoms with van der Waals surface area (Å²) >= 11 is 0. The van der Waals surface area contributed by atoms with Crippen molar-refractivity contribution in [2.75, 3.05) is 13.7 Å². The first-order valence-corrected chi connectivity index (χ1v) is 10.6. The zero-order valence-electron chi connectivity index (χ0n) is 18.5. The molecular formula is C26H26O7. The van der Waals surface area contributed by atoms with E-state index in [1.165, 1.54) is 13.2 Å². The third-order valence-corrected chi connectivity index (χ3v) is 5.02. The Labute approximate surface area is 192 Å². The van der Waals surface area contributed by atoms with Gasteiger partial charge in [0.05, 0.1) is 19.3 Å². The van der Waals surface area contributed by atoms with E-state index < -0.39 is 11.9 Å². The Kier molecular flexibility index (Phi) is 8.41. The molecule has 0 bridgehead atoms. The van der Waals surface area contributed by atoms with E-state index in [2.05, 4.69) is 11.3 Å². The van der Waals surface area contributed by atoms with Gasteiger partial charge in [0.2, 0.25) is 0 Å². The van der Waals surface area contributed by atoms with Crippen molar-refractivity contribution >= 4 is 24.0 Å². The van der Waals surface area contributed by atoms with E-state index in [1.807, 2.05) is 0 Å². The SMILES string of the molecule is C=C1CC(CCCCOc2ccc(C(=O)Oc3ccc(C=CC(=O)OC)cc3)cc2)OC1=O. The number of rotatable bonds is 10. The van der Waals surface area contributed by atoms with Crippen LogP contribution in [0.15, 0.2) is 66.8 Å². The van der Waals surface area contributed by atoms with Crippen molar-refractivity contribution in [2.24, 2.45) is 0 Å². The van der Waals surface area contributed by atoms with Crippen LogP contribution in [0.2, 0.25) is 0 Å². The van der Waals surface area contributed by atoms with Crippen molar-refractivity contribution in [1.82, 2.24) is 0 Å². The number of ether oxygens (including phenoxy) is 4. The van der Waals surface area contributed by atoms with Gasteiger partial charge in [0.25, 0.3) is 0 Å². The van der Waals surface area contributed by atoms with Crippen molar-refractivity contribution in [3.8, 4) is 11.5 Å². The number of methoxy groups -OCH3 is 1. The van der Waals surface area contributed by atoms with Gasteiger partial charge in [-0.1, -0.05) is 18.7 Å². The second-order valence-corrected chi connectivity index (χ2v) is 7.52. The lowest BCUT2D eigenvalue weighted by atomic mass is 10.1. The molecule has 33 heavy (non-hydrogen) atoms. The molecule has 0 spiro atoms. The molecule has 1 unspecified atom stereocenters. The second kappa shape index (κ2) is 11.7. The maximum atomic E-state index is 12.4. The van der Waals surface area contributed by atoms with Gasteiger partial charge in [0.15, 0.2) is 0 Å². The van der Waals surface area contributed by atoms with Gasteiger partial charge >= 0.3 is 17.9 Å². The maximum Gasteiger partial charge on any atom is 0.343 e. The summed E-state index contributed by atoms with van der Waals surface area (Å²) in [5.74, 6) is -0.159. The van der Waals surface area contributed by atoms with E-state index in [1.54, 1.807) is 54.6 Å². The minimum atomic E-state index is -0.480. The monoisotopic (exact) mass is 450 g/mol. The summed E-state index contributed by atoms with van der Waals surface area (Å²) < 4.78 is 20.8.